The zero-order chi connectivity index (χ0) is 14.8. The van der Waals surface area contributed by atoms with Crippen LogP contribution >= 0.6 is 15.9 Å². The van der Waals surface area contributed by atoms with Crippen molar-refractivity contribution in [3.63, 3.8) is 0 Å². The quantitative estimate of drug-likeness (QED) is 0.914. The summed E-state index contributed by atoms with van der Waals surface area (Å²) in [6.45, 7) is 1.72. The summed E-state index contributed by atoms with van der Waals surface area (Å²) in [6.07, 6.45) is 1.52. The summed E-state index contributed by atoms with van der Waals surface area (Å²) in [5, 5.41) is 0. The van der Waals surface area contributed by atoms with Gasteiger partial charge in [0.25, 0.3) is 10.0 Å². The van der Waals surface area contributed by atoms with Crippen molar-refractivity contribution in [3.8, 4) is 5.75 Å². The fourth-order valence-electron chi connectivity index (χ4n) is 1.70. The topological polar surface area (TPSA) is 68.3 Å². The van der Waals surface area contributed by atoms with Crippen LogP contribution < -0.4 is 9.46 Å². The minimum absolute atomic E-state index is 0.156. The lowest BCUT2D eigenvalue weighted by Gasteiger charge is -2.12. The van der Waals surface area contributed by atoms with Gasteiger partial charge in [-0.25, -0.2) is 13.4 Å². The number of sulfonamides is 1. The summed E-state index contributed by atoms with van der Waals surface area (Å²) in [6, 6.07) is 8.19. The van der Waals surface area contributed by atoms with Gasteiger partial charge in [-0.1, -0.05) is 6.07 Å². The van der Waals surface area contributed by atoms with E-state index in [9.17, 15) is 8.42 Å². The molecule has 1 heterocycles. The molecule has 0 radical (unpaired) electrons. The molecular formula is C13H13BrN2O3S. The summed E-state index contributed by atoms with van der Waals surface area (Å²) in [5.74, 6) is 0.728. The lowest BCUT2D eigenvalue weighted by Crippen LogP contribution is -2.15. The molecule has 2 rings (SSSR count). The maximum Gasteiger partial charge on any atom is 0.263 e. The molecule has 5 nitrogen and oxygen atoms in total. The number of hydrogen-bond acceptors (Lipinski definition) is 4. The van der Waals surface area contributed by atoms with Gasteiger partial charge in [0, 0.05) is 12.3 Å². The Kier molecular flexibility index (Phi) is 4.29. The first-order chi connectivity index (χ1) is 9.44. The van der Waals surface area contributed by atoms with E-state index in [2.05, 4.69) is 25.6 Å². The van der Waals surface area contributed by atoms with E-state index in [0.717, 1.165) is 0 Å². The number of hydrogen-bond donors (Lipinski definition) is 1. The maximum absolute atomic E-state index is 12.4. The van der Waals surface area contributed by atoms with Crippen LogP contribution in [0.3, 0.4) is 0 Å². The zero-order valence-corrected chi connectivity index (χ0v) is 13.3. The largest absolute Gasteiger partial charge is 0.496 e. The molecule has 0 saturated carbocycles. The number of nitrogens with zero attached hydrogens (tertiary/aromatic N) is 1. The molecule has 0 amide bonds. The lowest BCUT2D eigenvalue weighted by atomic mass is 10.2. The van der Waals surface area contributed by atoms with Gasteiger partial charge in [-0.3, -0.25) is 4.72 Å². The summed E-state index contributed by atoms with van der Waals surface area (Å²) in [4.78, 5) is 4.10. The van der Waals surface area contributed by atoms with E-state index >= 15 is 0 Å². The Bertz CT molecular complexity index is 718. The number of anilines is 1. The van der Waals surface area contributed by atoms with Crippen LogP contribution in [0.5, 0.6) is 5.75 Å². The molecule has 0 saturated heterocycles. The van der Waals surface area contributed by atoms with Gasteiger partial charge in [0.15, 0.2) is 0 Å². The number of pyridine rings is 1. The van der Waals surface area contributed by atoms with Gasteiger partial charge >= 0.3 is 0 Å². The van der Waals surface area contributed by atoms with Crippen molar-refractivity contribution in [1.29, 1.82) is 0 Å². The first-order valence-corrected chi connectivity index (χ1v) is 7.99. The second-order valence-electron chi connectivity index (χ2n) is 4.07. The molecule has 2 aromatic rings. The van der Waals surface area contributed by atoms with E-state index in [4.69, 9.17) is 4.74 Å². The second kappa shape index (κ2) is 5.80. The lowest BCUT2D eigenvalue weighted by molar-refractivity contribution is 0.410. The van der Waals surface area contributed by atoms with Crippen molar-refractivity contribution >= 4 is 31.8 Å². The predicted octanol–water partition coefficient (Wildman–Crippen LogP) is 2.96. The highest BCUT2D eigenvalue weighted by molar-refractivity contribution is 9.10. The van der Waals surface area contributed by atoms with Crippen LogP contribution in [0.25, 0.3) is 0 Å². The Labute approximate surface area is 126 Å². The molecule has 1 N–H and O–H groups in total. The third kappa shape index (κ3) is 3.10. The van der Waals surface area contributed by atoms with Gasteiger partial charge in [0.05, 0.1) is 16.5 Å². The van der Waals surface area contributed by atoms with Crippen molar-refractivity contribution < 1.29 is 13.2 Å². The van der Waals surface area contributed by atoms with Crippen molar-refractivity contribution in [1.82, 2.24) is 4.98 Å². The van der Waals surface area contributed by atoms with Crippen molar-refractivity contribution in [2.75, 3.05) is 11.8 Å². The Morgan fingerprint density at radius 2 is 2.05 bits per heavy atom. The fraction of sp³-hybridized carbons (Fsp3) is 0.154. The molecule has 1 aromatic heterocycles. The summed E-state index contributed by atoms with van der Waals surface area (Å²) in [7, 11) is -2.22. The molecule has 0 fully saturated rings. The average Bonchev–Trinajstić information content (AvgIpc) is 2.39. The number of halogens is 1. The van der Waals surface area contributed by atoms with E-state index in [1.54, 1.807) is 31.2 Å². The molecule has 0 aliphatic carbocycles. The van der Waals surface area contributed by atoms with Gasteiger partial charge in [-0.15, -0.1) is 0 Å². The minimum atomic E-state index is -3.71. The van der Waals surface area contributed by atoms with Crippen LogP contribution in [0.1, 0.15) is 5.56 Å². The van der Waals surface area contributed by atoms with Crippen LogP contribution in [0.4, 0.5) is 5.82 Å². The number of methoxy groups -OCH3 is 1. The fourth-order valence-corrected chi connectivity index (χ4v) is 3.57. The van der Waals surface area contributed by atoms with Crippen molar-refractivity contribution in [3.05, 3.63) is 46.6 Å². The highest BCUT2D eigenvalue weighted by atomic mass is 79.9. The molecule has 0 unspecified atom stereocenters. The highest BCUT2D eigenvalue weighted by Crippen LogP contribution is 2.31. The number of aromatic nitrogens is 1. The SMILES string of the molecule is COc1cc(S(=O)(=O)Nc2ccccn2)c(C)cc1Br. The van der Waals surface area contributed by atoms with Crippen LogP contribution in [0.15, 0.2) is 45.9 Å². The predicted molar refractivity (Wildman–Crippen MR) is 80.5 cm³/mol. The monoisotopic (exact) mass is 356 g/mol. The van der Waals surface area contributed by atoms with Crippen molar-refractivity contribution in [2.45, 2.75) is 11.8 Å². The Morgan fingerprint density at radius 3 is 2.65 bits per heavy atom. The minimum Gasteiger partial charge on any atom is -0.496 e. The smallest absolute Gasteiger partial charge is 0.263 e. The third-order valence-electron chi connectivity index (χ3n) is 2.64. The van der Waals surface area contributed by atoms with Gasteiger partial charge in [-0.05, 0) is 46.6 Å². The van der Waals surface area contributed by atoms with Gasteiger partial charge < -0.3 is 4.74 Å². The van der Waals surface area contributed by atoms with Gasteiger partial charge in [0.1, 0.15) is 11.6 Å². The second-order valence-corrected chi connectivity index (χ2v) is 6.58. The molecule has 0 aliphatic heterocycles. The van der Waals surface area contributed by atoms with E-state index in [1.165, 1.54) is 19.4 Å². The zero-order valence-electron chi connectivity index (χ0n) is 10.9. The Balaban J connectivity index is 2.44. The molecule has 20 heavy (non-hydrogen) atoms. The first-order valence-electron chi connectivity index (χ1n) is 5.72. The molecular weight excluding hydrogens is 344 g/mol. The maximum atomic E-state index is 12.4. The van der Waals surface area contributed by atoms with Crippen molar-refractivity contribution in [2.24, 2.45) is 0 Å². The van der Waals surface area contributed by atoms with Crippen LogP contribution in [0, 0.1) is 6.92 Å². The van der Waals surface area contributed by atoms with Crippen LogP contribution in [0.2, 0.25) is 0 Å². The number of aryl methyl sites for hydroxylation is 1. The molecule has 7 heteroatoms. The van der Waals surface area contributed by atoms with E-state index < -0.39 is 10.0 Å². The molecule has 0 aliphatic rings. The standard InChI is InChI=1S/C13H13BrN2O3S/c1-9-7-10(14)11(19-2)8-12(9)20(17,18)16-13-5-3-4-6-15-13/h3-8H,1-2H3,(H,15,16). The van der Waals surface area contributed by atoms with E-state index in [-0.39, 0.29) is 10.7 Å². The molecule has 0 bridgehead atoms. The number of ether oxygens (including phenoxy) is 1. The summed E-state index contributed by atoms with van der Waals surface area (Å²) >= 11 is 3.32. The van der Waals surface area contributed by atoms with Crippen LogP contribution in [-0.2, 0) is 10.0 Å². The van der Waals surface area contributed by atoms with Gasteiger partial charge in [-0.2, -0.15) is 0 Å². The van der Waals surface area contributed by atoms with E-state index in [1.807, 2.05) is 0 Å². The van der Waals surface area contributed by atoms with E-state index in [0.29, 0.717) is 15.8 Å². The first kappa shape index (κ1) is 14.8. The summed E-state index contributed by atoms with van der Waals surface area (Å²) in [5.41, 5.74) is 0.612. The number of benzene rings is 1. The molecule has 106 valence electrons. The Morgan fingerprint density at radius 1 is 1.30 bits per heavy atom. The average molecular weight is 357 g/mol. The molecule has 0 spiro atoms. The van der Waals surface area contributed by atoms with Crippen LogP contribution in [-0.4, -0.2) is 20.5 Å². The normalized spacial score (nSPS) is 11.2. The highest BCUT2D eigenvalue weighted by Gasteiger charge is 2.19. The van der Waals surface area contributed by atoms with Gasteiger partial charge in [0.2, 0.25) is 0 Å². The molecule has 0 atom stereocenters. The third-order valence-corrected chi connectivity index (χ3v) is 4.76. The number of rotatable bonds is 4. The molecule has 1 aromatic carbocycles. The summed E-state index contributed by atoms with van der Waals surface area (Å²) < 4.78 is 33.0. The Hall–Kier alpha value is -1.60. The number of nitrogens with one attached hydrogen (secondary N) is 1.